The monoisotopic (exact) mass is 387 g/mol. The third kappa shape index (κ3) is 3.26. The Labute approximate surface area is 159 Å². The zero-order valence-corrected chi connectivity index (χ0v) is 15.2. The number of hydrogen-bond donors (Lipinski definition) is 1. The minimum atomic E-state index is -0.907. The van der Waals surface area contributed by atoms with Gasteiger partial charge in [0.05, 0.1) is 16.9 Å². The zero-order valence-electron chi connectivity index (χ0n) is 13.6. The molecule has 1 aliphatic heterocycles. The number of halogens is 2. The third-order valence-electron chi connectivity index (χ3n) is 4.35. The molecule has 3 aromatic rings. The minimum Gasteiger partial charge on any atom is -0.492 e. The topological polar surface area (TPSA) is 42.4 Å². The first-order valence-corrected chi connectivity index (χ1v) is 9.29. The first-order chi connectivity index (χ1) is 12.6. The van der Waals surface area contributed by atoms with Crippen molar-refractivity contribution in [1.29, 1.82) is 0 Å². The Morgan fingerprint density at radius 3 is 2.81 bits per heavy atom. The smallest absolute Gasteiger partial charge is 0.129 e. The molecule has 0 aliphatic carbocycles. The molecule has 2 aromatic heterocycles. The molecule has 6 heteroatoms. The summed E-state index contributed by atoms with van der Waals surface area (Å²) in [5.41, 5.74) is 1.96. The fraction of sp³-hybridized carbons (Fsp3) is 0.150. The number of aliphatic hydroxyl groups excluding tert-OH is 1. The van der Waals surface area contributed by atoms with Crippen LogP contribution in [0.4, 0.5) is 4.39 Å². The van der Waals surface area contributed by atoms with Gasteiger partial charge < -0.3 is 9.84 Å². The predicted octanol–water partition coefficient (Wildman–Crippen LogP) is 5.19. The molecular weight excluding hydrogens is 373 g/mol. The molecule has 0 fully saturated rings. The van der Waals surface area contributed by atoms with Crippen LogP contribution in [0.25, 0.3) is 5.76 Å². The number of thiophene rings is 1. The van der Waals surface area contributed by atoms with E-state index in [9.17, 15) is 9.50 Å². The third-order valence-corrected chi connectivity index (χ3v) is 5.70. The molecule has 3 heterocycles. The molecule has 0 spiro atoms. The second-order valence-electron chi connectivity index (χ2n) is 5.99. The van der Waals surface area contributed by atoms with E-state index < -0.39 is 6.10 Å². The van der Waals surface area contributed by atoms with E-state index in [0.29, 0.717) is 33.4 Å². The van der Waals surface area contributed by atoms with E-state index in [1.165, 1.54) is 23.5 Å². The average Bonchev–Trinajstić information content (AvgIpc) is 3.28. The van der Waals surface area contributed by atoms with Gasteiger partial charge in [-0.15, -0.1) is 11.3 Å². The van der Waals surface area contributed by atoms with Crippen LogP contribution >= 0.6 is 22.9 Å². The van der Waals surface area contributed by atoms with Crippen molar-refractivity contribution in [2.75, 3.05) is 6.61 Å². The van der Waals surface area contributed by atoms with Crippen LogP contribution in [0.2, 0.25) is 4.34 Å². The Bertz CT molecular complexity index is 957. The Hall–Kier alpha value is -2.21. The molecule has 2 unspecified atom stereocenters. The molecule has 3 nitrogen and oxygen atoms in total. The molecule has 132 valence electrons. The Kier molecular flexibility index (Phi) is 4.76. The van der Waals surface area contributed by atoms with Crippen molar-refractivity contribution in [1.82, 2.24) is 4.98 Å². The summed E-state index contributed by atoms with van der Waals surface area (Å²) < 4.78 is 20.3. The highest BCUT2D eigenvalue weighted by molar-refractivity contribution is 7.16. The lowest BCUT2D eigenvalue weighted by Gasteiger charge is -2.18. The number of aromatic nitrogens is 1. The molecule has 1 aromatic carbocycles. The van der Waals surface area contributed by atoms with Gasteiger partial charge in [-0.05, 0) is 30.3 Å². The summed E-state index contributed by atoms with van der Waals surface area (Å²) in [6.45, 7) is 0.370. The summed E-state index contributed by atoms with van der Waals surface area (Å²) in [4.78, 5) is 5.09. The van der Waals surface area contributed by atoms with Crippen molar-refractivity contribution in [2.45, 2.75) is 12.0 Å². The van der Waals surface area contributed by atoms with E-state index in [4.69, 9.17) is 16.3 Å². The molecule has 0 saturated carbocycles. The number of rotatable bonds is 4. The predicted molar refractivity (Wildman–Crippen MR) is 101 cm³/mol. The molecule has 1 N–H and O–H groups in total. The molecule has 0 saturated heterocycles. The van der Waals surface area contributed by atoms with Crippen LogP contribution in [-0.4, -0.2) is 16.7 Å². The molecule has 2 atom stereocenters. The van der Waals surface area contributed by atoms with E-state index in [2.05, 4.69) is 4.98 Å². The van der Waals surface area contributed by atoms with E-state index in [0.717, 1.165) is 4.88 Å². The maximum absolute atomic E-state index is 13.7. The molecule has 0 bridgehead atoms. The van der Waals surface area contributed by atoms with E-state index in [1.54, 1.807) is 30.6 Å². The van der Waals surface area contributed by atoms with Gasteiger partial charge in [-0.3, -0.25) is 4.98 Å². The number of nitrogens with zero attached hydrogens (tertiary/aromatic N) is 1. The summed E-state index contributed by atoms with van der Waals surface area (Å²) in [7, 11) is 0. The summed E-state index contributed by atoms with van der Waals surface area (Å²) in [5.74, 6) is 0.00721. The van der Waals surface area contributed by atoms with Crippen LogP contribution in [0, 0.1) is 5.82 Å². The lowest BCUT2D eigenvalue weighted by molar-refractivity contribution is 0.209. The van der Waals surface area contributed by atoms with Crippen molar-refractivity contribution >= 4 is 28.7 Å². The standard InChI is InChI=1S/C20H15ClFNO2S/c21-17-7-6-16(26-17)15-11-25-20(12-3-1-5-14(22)9-12)18(15)19(24)13-4-2-8-23-10-13/h1-10,15,19,24H,11H2. The van der Waals surface area contributed by atoms with Crippen LogP contribution in [0.15, 0.2) is 66.5 Å². The van der Waals surface area contributed by atoms with E-state index >= 15 is 0 Å². The highest BCUT2D eigenvalue weighted by Crippen LogP contribution is 2.46. The van der Waals surface area contributed by atoms with Gasteiger partial charge >= 0.3 is 0 Å². The van der Waals surface area contributed by atoms with Crippen LogP contribution in [0.3, 0.4) is 0 Å². The quantitative estimate of drug-likeness (QED) is 0.669. The molecule has 0 radical (unpaired) electrons. The lowest BCUT2D eigenvalue weighted by Crippen LogP contribution is -2.09. The SMILES string of the molecule is OC(C1=C(c2cccc(F)c2)OCC1c1ccc(Cl)s1)c1cccnc1. The number of ether oxygens (including phenoxy) is 1. The first-order valence-electron chi connectivity index (χ1n) is 8.09. The maximum atomic E-state index is 13.7. The fourth-order valence-electron chi connectivity index (χ4n) is 3.16. The highest BCUT2D eigenvalue weighted by Gasteiger charge is 2.35. The van der Waals surface area contributed by atoms with Gasteiger partial charge in [0.15, 0.2) is 0 Å². The highest BCUT2D eigenvalue weighted by atomic mass is 35.5. The summed E-state index contributed by atoms with van der Waals surface area (Å²) in [6, 6.07) is 13.5. The van der Waals surface area contributed by atoms with Gasteiger partial charge in [0.1, 0.15) is 17.7 Å². The molecule has 4 rings (SSSR count). The van der Waals surface area contributed by atoms with Gasteiger partial charge in [0, 0.05) is 34.0 Å². The van der Waals surface area contributed by atoms with E-state index in [1.807, 2.05) is 18.2 Å². The van der Waals surface area contributed by atoms with E-state index in [-0.39, 0.29) is 11.7 Å². The minimum absolute atomic E-state index is 0.152. The number of benzene rings is 1. The summed E-state index contributed by atoms with van der Waals surface area (Å²) in [6.07, 6.45) is 2.37. The van der Waals surface area contributed by atoms with Gasteiger partial charge in [-0.2, -0.15) is 0 Å². The Morgan fingerprint density at radius 1 is 1.23 bits per heavy atom. The second kappa shape index (κ2) is 7.19. The normalized spacial score (nSPS) is 18.0. The Balaban J connectivity index is 1.84. The molecule has 26 heavy (non-hydrogen) atoms. The molecule has 0 amide bonds. The van der Waals surface area contributed by atoms with Gasteiger partial charge in [0.25, 0.3) is 0 Å². The first kappa shape index (κ1) is 17.2. The van der Waals surface area contributed by atoms with Crippen molar-refractivity contribution in [2.24, 2.45) is 0 Å². The van der Waals surface area contributed by atoms with Crippen molar-refractivity contribution in [3.8, 4) is 0 Å². The number of hydrogen-bond acceptors (Lipinski definition) is 4. The number of aliphatic hydroxyl groups is 1. The Morgan fingerprint density at radius 2 is 2.12 bits per heavy atom. The summed E-state index contributed by atoms with van der Waals surface area (Å²) in [5, 5.41) is 11.1. The fourth-order valence-corrected chi connectivity index (χ4v) is 4.33. The van der Waals surface area contributed by atoms with Crippen LogP contribution in [-0.2, 0) is 4.74 Å². The maximum Gasteiger partial charge on any atom is 0.129 e. The number of pyridine rings is 1. The van der Waals surface area contributed by atoms with Crippen LogP contribution in [0.5, 0.6) is 0 Å². The van der Waals surface area contributed by atoms with Crippen molar-refractivity contribution in [3.63, 3.8) is 0 Å². The average molecular weight is 388 g/mol. The van der Waals surface area contributed by atoms with Gasteiger partial charge in [-0.1, -0.05) is 29.8 Å². The summed E-state index contributed by atoms with van der Waals surface area (Å²) >= 11 is 7.55. The van der Waals surface area contributed by atoms with Crippen LogP contribution in [0.1, 0.15) is 28.0 Å². The molecular formula is C20H15ClFNO2S. The van der Waals surface area contributed by atoms with Gasteiger partial charge in [-0.25, -0.2) is 4.39 Å². The van der Waals surface area contributed by atoms with Crippen LogP contribution < -0.4 is 0 Å². The second-order valence-corrected chi connectivity index (χ2v) is 7.74. The lowest BCUT2D eigenvalue weighted by atomic mass is 9.89. The largest absolute Gasteiger partial charge is 0.492 e. The molecule has 1 aliphatic rings. The zero-order chi connectivity index (χ0) is 18.1. The van der Waals surface area contributed by atoms with Crippen molar-refractivity contribution < 1.29 is 14.2 Å². The van der Waals surface area contributed by atoms with Gasteiger partial charge in [0.2, 0.25) is 0 Å². The van der Waals surface area contributed by atoms with Crippen molar-refractivity contribution in [3.05, 3.63) is 92.7 Å².